The Hall–Kier alpha value is -1.64. The highest BCUT2D eigenvalue weighted by Crippen LogP contribution is 2.16. The van der Waals surface area contributed by atoms with Gasteiger partial charge in [-0.3, -0.25) is 0 Å². The standard InChI is InChI=1S/C30H47NO/c1-27(17-9-3-5-11-19-29-21-13-7-14-22-29)25-31(32)26-28(2)18-10-4-6-12-20-30-23-15-8-16-24-30/h7-8,13-16,21-24,27-28,32H,3-6,9-12,17-20,25-26H2,1-2H3. The van der Waals surface area contributed by atoms with E-state index in [0.29, 0.717) is 11.8 Å². The summed E-state index contributed by atoms with van der Waals surface area (Å²) in [4.78, 5) is 0. The molecule has 0 aliphatic carbocycles. The normalized spacial score (nSPS) is 13.4. The first kappa shape index (κ1) is 26.6. The lowest BCUT2D eigenvalue weighted by molar-refractivity contribution is -0.110. The largest absolute Gasteiger partial charge is 0.314 e. The number of hydroxylamine groups is 2. The van der Waals surface area contributed by atoms with Crippen LogP contribution in [0.2, 0.25) is 0 Å². The minimum absolute atomic E-state index is 0.569. The summed E-state index contributed by atoms with van der Waals surface area (Å²) in [6.07, 6.45) is 15.2. The second-order valence-electron chi connectivity index (χ2n) is 9.96. The van der Waals surface area contributed by atoms with Gasteiger partial charge in [0.2, 0.25) is 0 Å². The fraction of sp³-hybridized carbons (Fsp3) is 0.600. The first-order valence-electron chi connectivity index (χ1n) is 13.1. The Kier molecular flexibility index (Phi) is 14.1. The second kappa shape index (κ2) is 16.9. The van der Waals surface area contributed by atoms with E-state index in [4.69, 9.17) is 0 Å². The van der Waals surface area contributed by atoms with Crippen LogP contribution in [0.3, 0.4) is 0 Å². The predicted octanol–water partition coefficient (Wildman–Crippen LogP) is 8.34. The van der Waals surface area contributed by atoms with Gasteiger partial charge in [0.1, 0.15) is 0 Å². The maximum atomic E-state index is 10.4. The van der Waals surface area contributed by atoms with Gasteiger partial charge >= 0.3 is 0 Å². The molecule has 2 aromatic carbocycles. The molecule has 0 aromatic heterocycles. The minimum atomic E-state index is 0.569. The summed E-state index contributed by atoms with van der Waals surface area (Å²) in [6, 6.07) is 21.6. The number of nitrogens with zero attached hydrogens (tertiary/aromatic N) is 1. The van der Waals surface area contributed by atoms with E-state index >= 15 is 0 Å². The van der Waals surface area contributed by atoms with Gasteiger partial charge in [-0.2, -0.15) is 5.06 Å². The fourth-order valence-electron chi connectivity index (χ4n) is 4.62. The minimum Gasteiger partial charge on any atom is -0.314 e. The highest BCUT2D eigenvalue weighted by molar-refractivity contribution is 5.15. The number of hydrogen-bond donors (Lipinski definition) is 1. The summed E-state index contributed by atoms with van der Waals surface area (Å²) in [5.74, 6) is 1.14. The van der Waals surface area contributed by atoms with Crippen LogP contribution in [0.25, 0.3) is 0 Å². The predicted molar refractivity (Wildman–Crippen MR) is 138 cm³/mol. The van der Waals surface area contributed by atoms with Crippen LogP contribution in [0.5, 0.6) is 0 Å². The van der Waals surface area contributed by atoms with Crippen LogP contribution in [-0.2, 0) is 12.8 Å². The van der Waals surface area contributed by atoms with Gasteiger partial charge in [-0.25, -0.2) is 0 Å². The van der Waals surface area contributed by atoms with Crippen molar-refractivity contribution >= 4 is 0 Å². The molecule has 2 atom stereocenters. The van der Waals surface area contributed by atoms with Crippen molar-refractivity contribution in [2.24, 2.45) is 11.8 Å². The second-order valence-corrected chi connectivity index (χ2v) is 9.96. The van der Waals surface area contributed by atoms with Crippen molar-refractivity contribution in [3.8, 4) is 0 Å². The molecule has 178 valence electrons. The van der Waals surface area contributed by atoms with Gasteiger partial charge in [-0.1, -0.05) is 113 Å². The van der Waals surface area contributed by atoms with E-state index in [1.165, 1.54) is 88.2 Å². The first-order valence-corrected chi connectivity index (χ1v) is 13.1. The van der Waals surface area contributed by atoms with Crippen LogP contribution in [-0.4, -0.2) is 23.4 Å². The van der Waals surface area contributed by atoms with Crippen LogP contribution in [0.1, 0.15) is 89.2 Å². The average Bonchev–Trinajstić information content (AvgIpc) is 2.79. The summed E-state index contributed by atoms with van der Waals surface area (Å²) < 4.78 is 0. The smallest absolute Gasteiger partial charge is 0.0263 e. The number of aryl methyl sites for hydroxylation is 2. The van der Waals surface area contributed by atoms with Crippen LogP contribution < -0.4 is 0 Å². The molecule has 0 aliphatic heterocycles. The molecular weight excluding hydrogens is 390 g/mol. The molecule has 0 fully saturated rings. The van der Waals surface area contributed by atoms with Crippen molar-refractivity contribution in [1.82, 2.24) is 5.06 Å². The molecule has 0 radical (unpaired) electrons. The Labute approximate surface area is 198 Å². The highest BCUT2D eigenvalue weighted by atomic mass is 16.5. The van der Waals surface area contributed by atoms with E-state index in [1.54, 1.807) is 5.06 Å². The van der Waals surface area contributed by atoms with Gasteiger partial charge in [0.05, 0.1) is 0 Å². The number of unbranched alkanes of at least 4 members (excludes halogenated alkanes) is 6. The van der Waals surface area contributed by atoms with E-state index in [2.05, 4.69) is 74.5 Å². The maximum Gasteiger partial charge on any atom is 0.0263 e. The summed E-state index contributed by atoms with van der Waals surface area (Å²) in [5, 5.41) is 11.9. The Morgan fingerprint density at radius 1 is 0.562 bits per heavy atom. The number of rotatable bonds is 18. The zero-order valence-electron chi connectivity index (χ0n) is 20.7. The Balaban J connectivity index is 1.41. The molecule has 2 nitrogen and oxygen atoms in total. The quantitative estimate of drug-likeness (QED) is 0.187. The van der Waals surface area contributed by atoms with Gasteiger partial charge in [0.15, 0.2) is 0 Å². The molecule has 2 rings (SSSR count). The van der Waals surface area contributed by atoms with Crippen molar-refractivity contribution in [3.63, 3.8) is 0 Å². The summed E-state index contributed by atoms with van der Waals surface area (Å²) in [5.41, 5.74) is 2.91. The molecule has 0 amide bonds. The lowest BCUT2D eigenvalue weighted by atomic mass is 9.99. The molecule has 0 bridgehead atoms. The lowest BCUT2D eigenvalue weighted by Gasteiger charge is -2.23. The molecular formula is C30H47NO. The maximum absolute atomic E-state index is 10.4. The molecule has 32 heavy (non-hydrogen) atoms. The summed E-state index contributed by atoms with van der Waals surface area (Å²) >= 11 is 0. The van der Waals surface area contributed by atoms with Crippen molar-refractivity contribution < 1.29 is 5.21 Å². The molecule has 2 heteroatoms. The Morgan fingerprint density at radius 2 is 0.938 bits per heavy atom. The molecule has 0 aliphatic rings. The van der Waals surface area contributed by atoms with Gasteiger partial charge in [0, 0.05) is 13.1 Å². The summed E-state index contributed by atoms with van der Waals surface area (Å²) in [6.45, 7) is 6.19. The third-order valence-electron chi connectivity index (χ3n) is 6.56. The average molecular weight is 438 g/mol. The van der Waals surface area contributed by atoms with Crippen LogP contribution in [0.15, 0.2) is 60.7 Å². The van der Waals surface area contributed by atoms with Gasteiger partial charge < -0.3 is 5.21 Å². The molecule has 2 unspecified atom stereocenters. The van der Waals surface area contributed by atoms with E-state index in [0.717, 1.165) is 13.1 Å². The van der Waals surface area contributed by atoms with E-state index < -0.39 is 0 Å². The van der Waals surface area contributed by atoms with E-state index in [-0.39, 0.29) is 0 Å². The van der Waals surface area contributed by atoms with Gasteiger partial charge in [-0.15, -0.1) is 0 Å². The van der Waals surface area contributed by atoms with Gasteiger partial charge in [0.25, 0.3) is 0 Å². The van der Waals surface area contributed by atoms with Crippen LogP contribution in [0, 0.1) is 11.8 Å². The van der Waals surface area contributed by atoms with Crippen molar-refractivity contribution in [2.75, 3.05) is 13.1 Å². The highest BCUT2D eigenvalue weighted by Gasteiger charge is 2.11. The Morgan fingerprint density at radius 3 is 1.34 bits per heavy atom. The molecule has 0 saturated heterocycles. The molecule has 0 heterocycles. The lowest BCUT2D eigenvalue weighted by Crippen LogP contribution is -2.29. The zero-order valence-corrected chi connectivity index (χ0v) is 20.7. The van der Waals surface area contributed by atoms with Crippen LogP contribution >= 0.6 is 0 Å². The molecule has 2 aromatic rings. The van der Waals surface area contributed by atoms with Crippen LogP contribution in [0.4, 0.5) is 0 Å². The molecule has 0 spiro atoms. The van der Waals surface area contributed by atoms with Crippen molar-refractivity contribution in [1.29, 1.82) is 0 Å². The topological polar surface area (TPSA) is 23.5 Å². The van der Waals surface area contributed by atoms with Gasteiger partial charge in [-0.05, 0) is 61.5 Å². The Bertz CT molecular complexity index is 612. The van der Waals surface area contributed by atoms with E-state index in [1.807, 2.05) is 0 Å². The fourth-order valence-corrected chi connectivity index (χ4v) is 4.62. The van der Waals surface area contributed by atoms with Crippen molar-refractivity contribution in [3.05, 3.63) is 71.8 Å². The summed E-state index contributed by atoms with van der Waals surface area (Å²) in [7, 11) is 0. The zero-order chi connectivity index (χ0) is 22.9. The van der Waals surface area contributed by atoms with E-state index in [9.17, 15) is 5.21 Å². The first-order chi connectivity index (χ1) is 15.6. The number of benzene rings is 2. The molecule has 1 N–H and O–H groups in total. The third kappa shape index (κ3) is 13.0. The van der Waals surface area contributed by atoms with Crippen molar-refractivity contribution in [2.45, 2.75) is 90.9 Å². The SMILES string of the molecule is CC(CCCCCCc1ccccc1)CN(O)CC(C)CCCCCCc1ccccc1. The number of hydrogen-bond acceptors (Lipinski definition) is 2. The molecule has 0 saturated carbocycles. The monoisotopic (exact) mass is 437 g/mol. The third-order valence-corrected chi connectivity index (χ3v) is 6.56.